The lowest BCUT2D eigenvalue weighted by atomic mass is 9.99. The first-order chi connectivity index (χ1) is 8.04. The van der Waals surface area contributed by atoms with Crippen molar-refractivity contribution in [3.63, 3.8) is 0 Å². The topological polar surface area (TPSA) is 69.6 Å². The van der Waals surface area contributed by atoms with Crippen molar-refractivity contribution in [2.24, 2.45) is 5.92 Å². The minimum Gasteiger partial charge on any atom is -0.480 e. The number of rotatable bonds is 4. The molecule has 5 nitrogen and oxygen atoms in total. The number of aliphatic carboxylic acids is 1. The molecule has 0 aliphatic carbocycles. The van der Waals surface area contributed by atoms with Gasteiger partial charge in [0.25, 0.3) is 0 Å². The second-order valence-corrected chi connectivity index (χ2v) is 4.80. The highest BCUT2D eigenvalue weighted by Crippen LogP contribution is 2.16. The third-order valence-electron chi connectivity index (χ3n) is 3.24. The number of nitrogens with one attached hydrogen (secondary N) is 1. The van der Waals surface area contributed by atoms with Gasteiger partial charge in [-0.1, -0.05) is 20.3 Å². The Morgan fingerprint density at radius 2 is 2.00 bits per heavy atom. The summed E-state index contributed by atoms with van der Waals surface area (Å²) in [5.74, 6) is -0.296. The Morgan fingerprint density at radius 3 is 2.47 bits per heavy atom. The van der Waals surface area contributed by atoms with Crippen molar-refractivity contribution >= 4 is 12.0 Å². The first kappa shape index (κ1) is 13.8. The van der Waals surface area contributed by atoms with Crippen molar-refractivity contribution < 1.29 is 14.7 Å². The summed E-state index contributed by atoms with van der Waals surface area (Å²) in [6.45, 7) is 5.54. The van der Waals surface area contributed by atoms with Gasteiger partial charge < -0.3 is 15.3 Å². The van der Waals surface area contributed by atoms with Crippen LogP contribution in [0.1, 0.15) is 39.5 Å². The van der Waals surface area contributed by atoms with Gasteiger partial charge in [-0.15, -0.1) is 0 Å². The Morgan fingerprint density at radius 1 is 1.41 bits per heavy atom. The van der Waals surface area contributed by atoms with Crippen molar-refractivity contribution in [2.45, 2.75) is 45.6 Å². The number of carboxylic acid groups (broad SMARTS) is 1. The van der Waals surface area contributed by atoms with Crippen LogP contribution in [0.4, 0.5) is 4.79 Å². The van der Waals surface area contributed by atoms with Gasteiger partial charge in [0.15, 0.2) is 0 Å². The van der Waals surface area contributed by atoms with Crippen molar-refractivity contribution in [1.29, 1.82) is 0 Å². The van der Waals surface area contributed by atoms with Crippen LogP contribution in [0.2, 0.25) is 0 Å². The lowest BCUT2D eigenvalue weighted by Gasteiger charge is -2.31. The number of hydrogen-bond donors (Lipinski definition) is 2. The number of hydrogen-bond acceptors (Lipinski definition) is 2. The zero-order valence-corrected chi connectivity index (χ0v) is 10.6. The fraction of sp³-hybridized carbons (Fsp3) is 0.833. The molecule has 98 valence electrons. The number of carboxylic acids is 1. The average Bonchev–Trinajstić information content (AvgIpc) is 2.29. The summed E-state index contributed by atoms with van der Waals surface area (Å²) in [5.41, 5.74) is 0. The number of nitrogens with zero attached hydrogens (tertiary/aromatic N) is 1. The minimum atomic E-state index is -0.953. The van der Waals surface area contributed by atoms with Gasteiger partial charge in [-0.05, 0) is 25.2 Å². The van der Waals surface area contributed by atoms with E-state index in [4.69, 9.17) is 5.11 Å². The van der Waals surface area contributed by atoms with Crippen LogP contribution in [0, 0.1) is 5.92 Å². The molecule has 0 bridgehead atoms. The molecule has 0 aromatic carbocycles. The zero-order valence-electron chi connectivity index (χ0n) is 10.6. The molecular formula is C12H22N2O3. The molecule has 0 unspecified atom stereocenters. The van der Waals surface area contributed by atoms with E-state index >= 15 is 0 Å². The summed E-state index contributed by atoms with van der Waals surface area (Å²) in [4.78, 5) is 24.5. The third kappa shape index (κ3) is 4.24. The van der Waals surface area contributed by atoms with Gasteiger partial charge in [0.2, 0.25) is 0 Å². The van der Waals surface area contributed by atoms with Gasteiger partial charge in [-0.25, -0.2) is 9.59 Å². The smallest absolute Gasteiger partial charge is 0.326 e. The van der Waals surface area contributed by atoms with Gasteiger partial charge in [0, 0.05) is 13.1 Å². The van der Waals surface area contributed by atoms with E-state index in [9.17, 15) is 9.59 Å². The van der Waals surface area contributed by atoms with Crippen LogP contribution in [-0.2, 0) is 4.79 Å². The summed E-state index contributed by atoms with van der Waals surface area (Å²) in [6, 6.07) is -0.996. The predicted octanol–water partition coefficient (Wildman–Crippen LogP) is 1.68. The summed E-state index contributed by atoms with van der Waals surface area (Å²) >= 11 is 0. The van der Waals surface area contributed by atoms with E-state index in [2.05, 4.69) is 12.2 Å². The van der Waals surface area contributed by atoms with Crippen LogP contribution in [-0.4, -0.2) is 41.1 Å². The van der Waals surface area contributed by atoms with Crippen molar-refractivity contribution in [3.05, 3.63) is 0 Å². The fourth-order valence-electron chi connectivity index (χ4n) is 2.00. The quantitative estimate of drug-likeness (QED) is 0.788. The highest BCUT2D eigenvalue weighted by Gasteiger charge is 2.24. The van der Waals surface area contributed by atoms with E-state index in [0.717, 1.165) is 32.4 Å². The highest BCUT2D eigenvalue weighted by atomic mass is 16.4. The lowest BCUT2D eigenvalue weighted by molar-refractivity contribution is -0.139. The van der Waals surface area contributed by atoms with Crippen molar-refractivity contribution in [2.75, 3.05) is 13.1 Å². The SMILES string of the molecule is CCC[C@@H](NC(=O)N1CCC(C)CC1)C(=O)O. The molecule has 1 aliphatic rings. The molecule has 2 N–H and O–H groups in total. The molecule has 1 rings (SSSR count). The first-order valence-corrected chi connectivity index (χ1v) is 6.32. The Labute approximate surface area is 102 Å². The second-order valence-electron chi connectivity index (χ2n) is 4.80. The Balaban J connectivity index is 2.44. The van der Waals surface area contributed by atoms with Crippen LogP contribution in [0.15, 0.2) is 0 Å². The van der Waals surface area contributed by atoms with Crippen LogP contribution >= 0.6 is 0 Å². The van der Waals surface area contributed by atoms with Crippen LogP contribution in [0.3, 0.4) is 0 Å². The zero-order chi connectivity index (χ0) is 12.8. The maximum Gasteiger partial charge on any atom is 0.326 e. The minimum absolute atomic E-state index is 0.238. The van der Waals surface area contributed by atoms with E-state index in [-0.39, 0.29) is 6.03 Å². The van der Waals surface area contributed by atoms with Gasteiger partial charge in [-0.3, -0.25) is 0 Å². The molecule has 17 heavy (non-hydrogen) atoms. The summed E-state index contributed by atoms with van der Waals surface area (Å²) in [7, 11) is 0. The normalized spacial score (nSPS) is 18.8. The molecule has 1 aliphatic heterocycles. The van der Waals surface area contributed by atoms with E-state index in [0.29, 0.717) is 12.3 Å². The number of piperidine rings is 1. The average molecular weight is 242 g/mol. The van der Waals surface area contributed by atoms with Crippen molar-refractivity contribution in [1.82, 2.24) is 10.2 Å². The van der Waals surface area contributed by atoms with Crippen LogP contribution in [0.5, 0.6) is 0 Å². The molecule has 0 spiro atoms. The van der Waals surface area contributed by atoms with Crippen molar-refractivity contribution in [3.8, 4) is 0 Å². The molecule has 0 aromatic rings. The monoisotopic (exact) mass is 242 g/mol. The number of carbonyl (C=O) groups excluding carboxylic acids is 1. The third-order valence-corrected chi connectivity index (χ3v) is 3.24. The van der Waals surface area contributed by atoms with Crippen LogP contribution < -0.4 is 5.32 Å². The van der Waals surface area contributed by atoms with Gasteiger partial charge in [0.1, 0.15) is 6.04 Å². The summed E-state index contributed by atoms with van der Waals surface area (Å²) in [6.07, 6.45) is 3.22. The van der Waals surface area contributed by atoms with E-state index in [1.54, 1.807) is 4.90 Å². The molecule has 0 saturated carbocycles. The fourth-order valence-corrected chi connectivity index (χ4v) is 2.00. The van der Waals surface area contributed by atoms with Crippen LogP contribution in [0.25, 0.3) is 0 Å². The number of amides is 2. The lowest BCUT2D eigenvalue weighted by Crippen LogP contribution is -2.50. The Kier molecular flexibility index (Phi) is 5.25. The van der Waals surface area contributed by atoms with E-state index in [1.165, 1.54) is 0 Å². The standard InChI is InChI=1S/C12H22N2O3/c1-3-4-10(11(15)16)13-12(17)14-7-5-9(2)6-8-14/h9-10H,3-8H2,1-2H3,(H,13,17)(H,15,16)/t10-/m1/s1. The van der Waals surface area contributed by atoms with E-state index < -0.39 is 12.0 Å². The maximum atomic E-state index is 11.8. The number of urea groups is 1. The van der Waals surface area contributed by atoms with Gasteiger partial charge in [0.05, 0.1) is 0 Å². The Bertz CT molecular complexity index is 273. The number of carbonyl (C=O) groups is 2. The predicted molar refractivity (Wildman–Crippen MR) is 64.8 cm³/mol. The molecule has 2 amide bonds. The molecule has 1 heterocycles. The molecule has 1 atom stereocenters. The maximum absolute atomic E-state index is 11.8. The molecule has 1 saturated heterocycles. The number of likely N-dealkylation sites (tertiary alicyclic amines) is 1. The van der Waals surface area contributed by atoms with Gasteiger partial charge >= 0.3 is 12.0 Å². The highest BCUT2D eigenvalue weighted by molar-refractivity contribution is 5.82. The largest absolute Gasteiger partial charge is 0.480 e. The molecule has 1 fully saturated rings. The van der Waals surface area contributed by atoms with Gasteiger partial charge in [-0.2, -0.15) is 0 Å². The molecular weight excluding hydrogens is 220 g/mol. The molecule has 0 aromatic heterocycles. The Hall–Kier alpha value is -1.26. The molecule has 5 heteroatoms. The van der Waals surface area contributed by atoms with E-state index in [1.807, 2.05) is 6.92 Å². The summed E-state index contributed by atoms with van der Waals surface area (Å²) in [5, 5.41) is 11.5. The molecule has 0 radical (unpaired) electrons. The second kappa shape index (κ2) is 6.47. The first-order valence-electron chi connectivity index (χ1n) is 6.32. The summed E-state index contributed by atoms with van der Waals surface area (Å²) < 4.78 is 0.